The fraction of sp³-hybridized carbons (Fsp3) is 0.658. The van der Waals surface area contributed by atoms with Crippen molar-refractivity contribution in [3.05, 3.63) is 35.9 Å². The van der Waals surface area contributed by atoms with Gasteiger partial charge in [0.25, 0.3) is 5.91 Å². The van der Waals surface area contributed by atoms with Crippen LogP contribution in [0, 0.1) is 11.3 Å². The van der Waals surface area contributed by atoms with E-state index in [0.29, 0.717) is 31.2 Å². The third-order valence-electron chi connectivity index (χ3n) is 7.86. The highest BCUT2D eigenvalue weighted by molar-refractivity contribution is 6.38. The monoisotopic (exact) mass is 745 g/mol. The van der Waals surface area contributed by atoms with Gasteiger partial charge in [0.15, 0.2) is 0 Å². The predicted octanol–water partition coefficient (Wildman–Crippen LogP) is 2.87. The average molecular weight is 746 g/mol. The quantitative estimate of drug-likeness (QED) is 0.0996. The lowest BCUT2D eigenvalue weighted by Crippen LogP contribution is -2.61. The van der Waals surface area contributed by atoms with Crippen LogP contribution in [-0.2, 0) is 28.8 Å². The van der Waals surface area contributed by atoms with E-state index in [1.165, 1.54) is 11.3 Å². The number of likely N-dealkylation sites (tertiary alicyclic amines) is 1. The molecule has 0 aromatic heterocycles. The number of Topliss-reactive ketones (excluding diaryl/α,β-unsaturated/α-hetero) is 1. The van der Waals surface area contributed by atoms with Crippen LogP contribution in [-0.4, -0.2) is 108 Å². The molecule has 4 atom stereocenters. The van der Waals surface area contributed by atoms with Gasteiger partial charge in [-0.25, -0.2) is 4.79 Å². The molecule has 2 aliphatic rings. The van der Waals surface area contributed by atoms with Crippen LogP contribution in [0.5, 0.6) is 0 Å². The van der Waals surface area contributed by atoms with E-state index in [0.717, 1.165) is 17.9 Å². The van der Waals surface area contributed by atoms with Crippen molar-refractivity contribution in [2.75, 3.05) is 27.2 Å². The number of benzene rings is 1. The molecule has 2 fully saturated rings. The Morgan fingerprint density at radius 1 is 0.925 bits per heavy atom. The molecule has 298 valence electrons. The van der Waals surface area contributed by atoms with Crippen molar-refractivity contribution in [1.29, 1.82) is 0 Å². The summed E-state index contributed by atoms with van der Waals surface area (Å²) in [5, 5.41) is 22.0. The topological polar surface area (TPSA) is 206 Å². The molecule has 1 saturated heterocycles. The Bertz CT molecular complexity index is 1370. The molecule has 1 aliphatic heterocycles. The van der Waals surface area contributed by atoms with Gasteiger partial charge in [0, 0.05) is 26.2 Å². The Hall–Kier alpha value is -4.37. The summed E-state index contributed by atoms with van der Waals surface area (Å²) in [6.07, 6.45) is 4.71. The second-order valence-corrected chi connectivity index (χ2v) is 15.8. The largest absolute Gasteiger partial charge is 0.344 e. The highest BCUT2D eigenvalue weighted by Gasteiger charge is 2.43. The molecule has 15 heteroatoms. The van der Waals surface area contributed by atoms with Gasteiger partial charge in [-0.3, -0.25) is 24.0 Å². The molecular weight excluding hydrogens is 682 g/mol. The number of amides is 6. The average Bonchev–Trinajstić information content (AvgIpc) is 3.74. The van der Waals surface area contributed by atoms with Crippen LogP contribution in [0.4, 0.5) is 4.79 Å². The van der Waals surface area contributed by atoms with Crippen molar-refractivity contribution in [3.8, 4) is 0 Å². The van der Waals surface area contributed by atoms with Crippen molar-refractivity contribution in [1.82, 2.24) is 36.5 Å². The first-order valence-corrected chi connectivity index (χ1v) is 18.3. The molecule has 6 amide bonds. The van der Waals surface area contributed by atoms with E-state index in [-0.39, 0.29) is 12.3 Å². The molecule has 1 aromatic rings. The Morgan fingerprint density at radius 2 is 1.49 bits per heavy atom. The molecule has 1 aromatic carbocycles. The van der Waals surface area contributed by atoms with Gasteiger partial charge in [-0.15, -0.1) is 0 Å². The summed E-state index contributed by atoms with van der Waals surface area (Å²) in [4.78, 5) is 91.4. The standard InChI is InChI=1S/C33H48N6O7.C3H8.C2H7NO/c1-32(2,3)27(37-31(46)38-33(4,5)6)30(45)39-16-10-13-24(39)28(43)36-22(17-20-14-15-20)26(42)29(44)34-18-25(41)35-23(19-40)21-11-8-7-9-12-21;1-3-2;1-3(2)4/h7-9,11-12,19-20,22-24,27H,10,13-18H2,1-6H3,(H,34,44)(H,35,41)(H,36,43)(H2,37,38,46);3H2,1-2H3;4H,1-2H3. The van der Waals surface area contributed by atoms with Gasteiger partial charge in [-0.05, 0) is 56.9 Å². The zero-order valence-corrected chi connectivity index (χ0v) is 33.2. The highest BCUT2D eigenvalue weighted by Crippen LogP contribution is 2.34. The number of hydrogen-bond donors (Lipinski definition) is 6. The number of nitrogens with one attached hydrogen (secondary N) is 5. The lowest BCUT2D eigenvalue weighted by molar-refractivity contribution is -0.144. The molecule has 1 saturated carbocycles. The lowest BCUT2D eigenvalue weighted by atomic mass is 9.85. The third-order valence-corrected chi connectivity index (χ3v) is 7.86. The van der Waals surface area contributed by atoms with Gasteiger partial charge in [0.1, 0.15) is 24.4 Å². The van der Waals surface area contributed by atoms with E-state index in [1.54, 1.807) is 44.4 Å². The van der Waals surface area contributed by atoms with Crippen molar-refractivity contribution in [2.24, 2.45) is 11.3 Å². The Balaban J connectivity index is 0.00000184. The number of carbonyl (C=O) groups excluding carboxylic acids is 7. The van der Waals surface area contributed by atoms with Crippen molar-refractivity contribution >= 4 is 41.7 Å². The highest BCUT2D eigenvalue weighted by atomic mass is 16.5. The number of aldehydes is 1. The summed E-state index contributed by atoms with van der Waals surface area (Å²) < 4.78 is 0. The molecule has 53 heavy (non-hydrogen) atoms. The number of ketones is 1. The summed E-state index contributed by atoms with van der Waals surface area (Å²) in [5.41, 5.74) is -0.625. The van der Waals surface area contributed by atoms with Crippen LogP contribution in [0.1, 0.15) is 106 Å². The van der Waals surface area contributed by atoms with Crippen molar-refractivity contribution in [2.45, 2.75) is 124 Å². The zero-order chi connectivity index (χ0) is 40.5. The van der Waals surface area contributed by atoms with Crippen LogP contribution >= 0.6 is 0 Å². The Morgan fingerprint density at radius 3 is 1.98 bits per heavy atom. The first kappa shape index (κ1) is 46.7. The van der Waals surface area contributed by atoms with Gasteiger partial charge in [-0.1, -0.05) is 84.2 Å². The molecule has 1 heterocycles. The maximum absolute atomic E-state index is 13.8. The Kier molecular flexibility index (Phi) is 19.4. The summed E-state index contributed by atoms with van der Waals surface area (Å²) in [5.74, 6) is -3.40. The summed E-state index contributed by atoms with van der Waals surface area (Å²) in [6.45, 7) is 14.9. The molecule has 0 spiro atoms. The Labute approximate surface area is 314 Å². The second-order valence-electron chi connectivity index (χ2n) is 15.8. The van der Waals surface area contributed by atoms with Gasteiger partial charge in [0.2, 0.25) is 23.5 Å². The number of nitrogens with zero attached hydrogens (tertiary/aromatic N) is 2. The number of carbonyl (C=O) groups is 7. The SMILES string of the molecule is CC(C)(C)NC(=O)NC(C(=O)N1CCCC1C(=O)NC(CC1CC1)C(=O)C(=O)NCC(=O)NC(C=O)c1ccccc1)C(C)(C)C.CCC.CN(C)O. The van der Waals surface area contributed by atoms with Crippen LogP contribution < -0.4 is 26.6 Å². The lowest BCUT2D eigenvalue weighted by Gasteiger charge is -2.36. The van der Waals surface area contributed by atoms with Gasteiger partial charge in [0.05, 0.1) is 12.6 Å². The first-order chi connectivity index (χ1) is 24.6. The fourth-order valence-corrected chi connectivity index (χ4v) is 5.30. The third kappa shape index (κ3) is 17.8. The molecule has 4 unspecified atom stereocenters. The number of hydroxylamine groups is 2. The van der Waals surface area contributed by atoms with E-state index in [4.69, 9.17) is 5.21 Å². The maximum Gasteiger partial charge on any atom is 0.315 e. The number of rotatable bonds is 13. The second kappa shape index (κ2) is 22.0. The van der Waals surface area contributed by atoms with E-state index in [1.807, 2.05) is 41.5 Å². The molecule has 0 bridgehead atoms. The van der Waals surface area contributed by atoms with Crippen molar-refractivity contribution < 1.29 is 38.8 Å². The van der Waals surface area contributed by atoms with Crippen LogP contribution in [0.25, 0.3) is 0 Å². The van der Waals surface area contributed by atoms with E-state index < -0.39 is 77.1 Å². The maximum atomic E-state index is 13.8. The number of urea groups is 1. The molecule has 1 aliphatic carbocycles. The summed E-state index contributed by atoms with van der Waals surface area (Å²) in [6, 6.07) is 4.20. The minimum absolute atomic E-state index is 0.168. The smallest absolute Gasteiger partial charge is 0.315 e. The van der Waals surface area contributed by atoms with Gasteiger partial charge in [-0.2, -0.15) is 5.06 Å². The summed E-state index contributed by atoms with van der Waals surface area (Å²) in [7, 11) is 3.11. The minimum atomic E-state index is -1.14. The molecular formula is C38H63N7O8. The summed E-state index contributed by atoms with van der Waals surface area (Å²) >= 11 is 0. The van der Waals surface area contributed by atoms with Crippen molar-refractivity contribution in [3.63, 3.8) is 0 Å². The van der Waals surface area contributed by atoms with Gasteiger partial charge < -0.3 is 41.5 Å². The number of hydrogen-bond acceptors (Lipinski definition) is 9. The van der Waals surface area contributed by atoms with Crippen LogP contribution in [0.3, 0.4) is 0 Å². The zero-order valence-electron chi connectivity index (χ0n) is 33.2. The molecule has 3 rings (SSSR count). The fourth-order valence-electron chi connectivity index (χ4n) is 5.30. The molecule has 0 radical (unpaired) electrons. The van der Waals surface area contributed by atoms with Crippen LogP contribution in [0.2, 0.25) is 0 Å². The molecule has 15 nitrogen and oxygen atoms in total. The van der Waals surface area contributed by atoms with E-state index in [2.05, 4.69) is 40.4 Å². The first-order valence-electron chi connectivity index (χ1n) is 18.3. The predicted molar refractivity (Wildman–Crippen MR) is 202 cm³/mol. The van der Waals surface area contributed by atoms with E-state index in [9.17, 15) is 33.6 Å². The molecule has 6 N–H and O–H groups in total. The minimum Gasteiger partial charge on any atom is -0.344 e. The van der Waals surface area contributed by atoms with E-state index >= 15 is 0 Å². The normalized spacial score (nSPS) is 17.0. The van der Waals surface area contributed by atoms with Crippen LogP contribution in [0.15, 0.2) is 30.3 Å². The van der Waals surface area contributed by atoms with Gasteiger partial charge >= 0.3 is 6.03 Å².